The van der Waals surface area contributed by atoms with Crippen LogP contribution in [0.4, 0.5) is 0 Å². The van der Waals surface area contributed by atoms with Crippen molar-refractivity contribution in [2.24, 2.45) is 0 Å². The van der Waals surface area contributed by atoms with Crippen molar-refractivity contribution in [1.82, 2.24) is 9.97 Å². The van der Waals surface area contributed by atoms with Crippen LogP contribution in [0.3, 0.4) is 0 Å². The molecule has 2 aliphatic rings. The molecule has 27 heavy (non-hydrogen) atoms. The highest BCUT2D eigenvalue weighted by Gasteiger charge is 2.40. The molecule has 0 fully saturated rings. The molecule has 0 saturated carbocycles. The fourth-order valence-corrected chi connectivity index (χ4v) is 4.79. The Kier molecular flexibility index (Phi) is 3.40. The molecular weight excluding hydrogens is 328 g/mol. The Morgan fingerprint density at radius 1 is 0.815 bits per heavy atom. The van der Waals surface area contributed by atoms with Gasteiger partial charge >= 0.3 is 0 Å². The number of rotatable bonds is 1. The zero-order valence-electron chi connectivity index (χ0n) is 16.6. The van der Waals surface area contributed by atoms with Crippen molar-refractivity contribution in [3.05, 3.63) is 71.2 Å². The first kappa shape index (κ1) is 16.7. The Morgan fingerprint density at radius 2 is 1.59 bits per heavy atom. The third-order valence-corrected chi connectivity index (χ3v) is 6.60. The van der Waals surface area contributed by atoms with Gasteiger partial charge in [0.2, 0.25) is 0 Å². The summed E-state index contributed by atoms with van der Waals surface area (Å²) in [6.07, 6.45) is 5.19. The van der Waals surface area contributed by atoms with Crippen molar-refractivity contribution in [2.45, 2.75) is 57.8 Å². The Morgan fingerprint density at radius 3 is 2.37 bits per heavy atom. The largest absolute Gasteiger partial charge is 0.256 e. The number of fused-ring (bicyclic) bond motifs is 4. The summed E-state index contributed by atoms with van der Waals surface area (Å²) in [5.41, 5.74) is 10.6. The molecule has 0 aliphatic heterocycles. The maximum atomic E-state index is 5.27. The average Bonchev–Trinajstić information content (AvgIpc) is 3.03. The maximum Gasteiger partial charge on any atom is 0.0705 e. The van der Waals surface area contributed by atoms with Crippen molar-refractivity contribution >= 4 is 0 Å². The highest BCUT2D eigenvalue weighted by Crippen LogP contribution is 2.49. The molecule has 1 aromatic carbocycles. The van der Waals surface area contributed by atoms with E-state index < -0.39 is 0 Å². The van der Waals surface area contributed by atoms with Crippen molar-refractivity contribution in [2.75, 3.05) is 0 Å². The smallest absolute Gasteiger partial charge is 0.0705 e. The quantitative estimate of drug-likeness (QED) is 0.415. The number of pyridine rings is 2. The second-order valence-corrected chi connectivity index (χ2v) is 9.37. The molecule has 0 saturated heterocycles. The molecule has 136 valence electrons. The van der Waals surface area contributed by atoms with Crippen LogP contribution in [0.15, 0.2) is 48.7 Å². The monoisotopic (exact) mass is 354 g/mol. The zero-order valence-corrected chi connectivity index (χ0v) is 16.6. The summed E-state index contributed by atoms with van der Waals surface area (Å²) in [4.78, 5) is 9.86. The molecular formula is C25H26N2. The average molecular weight is 354 g/mol. The molecule has 2 aromatic heterocycles. The van der Waals surface area contributed by atoms with Crippen molar-refractivity contribution in [3.8, 4) is 22.4 Å². The minimum Gasteiger partial charge on any atom is -0.256 e. The van der Waals surface area contributed by atoms with Gasteiger partial charge in [-0.05, 0) is 53.1 Å². The SMILES string of the molecule is CC1(C)CCC(C)(C)c2nc3c(cc21)-c1cccc(-c2ccccn2)c1C3. The minimum atomic E-state index is 0.151. The number of aromatic nitrogens is 2. The number of benzene rings is 1. The Hall–Kier alpha value is -2.48. The first-order chi connectivity index (χ1) is 12.9. The minimum absolute atomic E-state index is 0.151. The van der Waals surface area contributed by atoms with E-state index in [1.807, 2.05) is 12.3 Å². The summed E-state index contributed by atoms with van der Waals surface area (Å²) in [6.45, 7) is 9.44. The lowest BCUT2D eigenvalue weighted by molar-refractivity contribution is 0.323. The first-order valence-electron chi connectivity index (χ1n) is 9.95. The van der Waals surface area contributed by atoms with E-state index in [1.54, 1.807) is 0 Å². The normalized spacial score (nSPS) is 18.5. The molecule has 2 heteroatoms. The molecule has 0 atom stereocenters. The van der Waals surface area contributed by atoms with Gasteiger partial charge in [0.15, 0.2) is 0 Å². The Balaban J connectivity index is 1.72. The topological polar surface area (TPSA) is 25.8 Å². The highest BCUT2D eigenvalue weighted by atomic mass is 14.8. The zero-order chi connectivity index (χ0) is 18.8. The van der Waals surface area contributed by atoms with Crippen molar-refractivity contribution in [3.63, 3.8) is 0 Å². The van der Waals surface area contributed by atoms with Gasteiger partial charge in [0.25, 0.3) is 0 Å². The van der Waals surface area contributed by atoms with Gasteiger partial charge in [0, 0.05) is 29.2 Å². The Labute approximate surface area is 161 Å². The standard InChI is InChI=1S/C25H26N2/c1-24(2)11-12-25(3,4)23-20(24)14-19-16-8-7-9-17(18(16)15-22(19)27-23)21-10-5-6-13-26-21/h5-10,13-14H,11-12,15H2,1-4H3. The molecule has 0 bridgehead atoms. The summed E-state index contributed by atoms with van der Waals surface area (Å²) in [5.74, 6) is 0. The van der Waals surface area contributed by atoms with Gasteiger partial charge in [-0.3, -0.25) is 9.97 Å². The predicted octanol–water partition coefficient (Wildman–Crippen LogP) is 6.06. The van der Waals surface area contributed by atoms with Crippen LogP contribution in [0.25, 0.3) is 22.4 Å². The predicted molar refractivity (Wildman–Crippen MR) is 111 cm³/mol. The fourth-order valence-electron chi connectivity index (χ4n) is 4.79. The summed E-state index contributed by atoms with van der Waals surface area (Å²) >= 11 is 0. The second kappa shape index (κ2) is 5.51. The van der Waals surface area contributed by atoms with E-state index in [4.69, 9.17) is 4.98 Å². The summed E-state index contributed by atoms with van der Waals surface area (Å²) in [5, 5.41) is 0. The highest BCUT2D eigenvalue weighted by molar-refractivity contribution is 5.83. The van der Waals surface area contributed by atoms with E-state index in [-0.39, 0.29) is 10.8 Å². The van der Waals surface area contributed by atoms with E-state index >= 15 is 0 Å². The first-order valence-corrected chi connectivity index (χ1v) is 9.95. The molecule has 2 heterocycles. The summed E-state index contributed by atoms with van der Waals surface area (Å²) in [7, 11) is 0. The molecule has 0 spiro atoms. The van der Waals surface area contributed by atoms with Gasteiger partial charge in [-0.1, -0.05) is 52.0 Å². The molecule has 0 unspecified atom stereocenters. The third kappa shape index (κ3) is 2.46. The van der Waals surface area contributed by atoms with Crippen LogP contribution in [-0.4, -0.2) is 9.97 Å². The van der Waals surface area contributed by atoms with Crippen LogP contribution in [-0.2, 0) is 17.3 Å². The van der Waals surface area contributed by atoms with Crippen LogP contribution >= 0.6 is 0 Å². The molecule has 2 nitrogen and oxygen atoms in total. The molecule has 0 radical (unpaired) electrons. The molecule has 5 rings (SSSR count). The number of hydrogen-bond donors (Lipinski definition) is 0. The van der Waals surface area contributed by atoms with Gasteiger partial charge in [0.05, 0.1) is 17.1 Å². The van der Waals surface area contributed by atoms with Gasteiger partial charge in [0.1, 0.15) is 0 Å². The van der Waals surface area contributed by atoms with Crippen LogP contribution in [0, 0.1) is 0 Å². The van der Waals surface area contributed by atoms with E-state index in [9.17, 15) is 0 Å². The lowest BCUT2D eigenvalue weighted by Gasteiger charge is -2.41. The van der Waals surface area contributed by atoms with Crippen LogP contribution in [0.1, 0.15) is 63.1 Å². The van der Waals surface area contributed by atoms with Gasteiger partial charge in [-0.25, -0.2) is 0 Å². The van der Waals surface area contributed by atoms with E-state index in [0.29, 0.717) is 0 Å². The van der Waals surface area contributed by atoms with Crippen LogP contribution in [0.2, 0.25) is 0 Å². The van der Waals surface area contributed by atoms with Gasteiger partial charge in [-0.2, -0.15) is 0 Å². The third-order valence-electron chi connectivity index (χ3n) is 6.60. The van der Waals surface area contributed by atoms with Gasteiger partial charge < -0.3 is 0 Å². The van der Waals surface area contributed by atoms with Crippen molar-refractivity contribution < 1.29 is 0 Å². The van der Waals surface area contributed by atoms with Gasteiger partial charge in [-0.15, -0.1) is 0 Å². The fraction of sp³-hybridized carbons (Fsp3) is 0.360. The van der Waals surface area contributed by atoms with Crippen molar-refractivity contribution in [1.29, 1.82) is 0 Å². The lowest BCUT2D eigenvalue weighted by atomic mass is 9.65. The van der Waals surface area contributed by atoms with Crippen LogP contribution in [0.5, 0.6) is 0 Å². The molecule has 3 aromatic rings. The number of hydrogen-bond acceptors (Lipinski definition) is 2. The van der Waals surface area contributed by atoms with E-state index in [1.165, 1.54) is 52.0 Å². The Bertz CT molecular complexity index is 1050. The van der Waals surface area contributed by atoms with E-state index in [2.05, 4.69) is 69.1 Å². The summed E-state index contributed by atoms with van der Waals surface area (Å²) in [6, 6.07) is 15.2. The second-order valence-electron chi connectivity index (χ2n) is 9.37. The molecule has 0 amide bonds. The lowest BCUT2D eigenvalue weighted by Crippen LogP contribution is -2.35. The van der Waals surface area contributed by atoms with E-state index in [0.717, 1.165) is 12.1 Å². The van der Waals surface area contributed by atoms with Crippen LogP contribution < -0.4 is 0 Å². The molecule has 2 aliphatic carbocycles. The maximum absolute atomic E-state index is 5.27. The summed E-state index contributed by atoms with van der Waals surface area (Å²) < 4.78 is 0. The molecule has 0 N–H and O–H groups in total. The number of nitrogens with zero attached hydrogens (tertiary/aromatic N) is 2.